The Hall–Kier alpha value is -4.10. The van der Waals surface area contributed by atoms with E-state index < -0.39 is 46.8 Å². The number of allylic oxidation sites excluding steroid dienone is 2. The minimum atomic E-state index is -1.58. The van der Waals surface area contributed by atoms with Crippen LogP contribution in [0.2, 0.25) is 15.1 Å². The quantitative estimate of drug-likeness (QED) is 0.114. The maximum atomic E-state index is 15.3. The minimum Gasteiger partial charge on any atom is -0.508 e. The second-order valence-electron chi connectivity index (χ2n) is 13.4. The molecule has 13 heteroatoms. The summed E-state index contributed by atoms with van der Waals surface area (Å²) in [6.07, 6.45) is 2.30. The molecule has 52 heavy (non-hydrogen) atoms. The molecule has 0 radical (unpaired) electrons. The minimum absolute atomic E-state index is 0.0759. The van der Waals surface area contributed by atoms with Crippen molar-refractivity contribution in [3.05, 3.63) is 126 Å². The first kappa shape index (κ1) is 35.0. The van der Waals surface area contributed by atoms with E-state index in [0.717, 1.165) is 14.2 Å². The van der Waals surface area contributed by atoms with Crippen LogP contribution in [0.1, 0.15) is 29.9 Å². The van der Waals surface area contributed by atoms with Gasteiger partial charge in [0, 0.05) is 19.5 Å². The number of hydrogen-bond donors (Lipinski definition) is 2. The average molecular weight is 869 g/mol. The Morgan fingerprint density at radius 3 is 2.25 bits per heavy atom. The number of anilines is 2. The zero-order valence-electron chi connectivity index (χ0n) is 27.4. The molecule has 2 aliphatic carbocycles. The number of hydrogen-bond acceptors (Lipinski definition) is 7. The number of rotatable bonds is 6. The summed E-state index contributed by atoms with van der Waals surface area (Å²) in [4.78, 5) is 60.0. The van der Waals surface area contributed by atoms with E-state index in [2.05, 4.69) is 28.0 Å². The van der Waals surface area contributed by atoms with Crippen LogP contribution < -0.4 is 15.1 Å². The van der Waals surface area contributed by atoms with Crippen molar-refractivity contribution in [2.75, 3.05) is 17.4 Å². The number of benzene rings is 4. The van der Waals surface area contributed by atoms with Crippen LogP contribution in [0.4, 0.5) is 11.4 Å². The molecule has 4 aromatic carbocycles. The zero-order chi connectivity index (χ0) is 36.6. The molecule has 1 saturated carbocycles. The number of carbonyl (C=O) groups is 4. The fraction of sp³-hybridized carbons (Fsp3) is 0.231. The third-order valence-electron chi connectivity index (χ3n) is 11.0. The van der Waals surface area contributed by atoms with Gasteiger partial charge >= 0.3 is 0 Å². The number of hydrazine groups is 1. The van der Waals surface area contributed by atoms with Gasteiger partial charge in [0.2, 0.25) is 11.8 Å². The molecular formula is C39H29Cl3IN3O6. The molecule has 2 saturated heterocycles. The smallest absolute Gasteiger partial charge is 0.260 e. The maximum Gasteiger partial charge on any atom is 0.260 e. The van der Waals surface area contributed by atoms with Crippen LogP contribution in [-0.4, -0.2) is 40.9 Å². The normalized spacial score (nSPS) is 26.6. The molecule has 0 bridgehead atoms. The number of aromatic hydroxyl groups is 1. The predicted octanol–water partition coefficient (Wildman–Crippen LogP) is 8.16. The Kier molecular flexibility index (Phi) is 8.80. The zero-order valence-corrected chi connectivity index (χ0v) is 31.8. The van der Waals surface area contributed by atoms with Gasteiger partial charge in [0.05, 0.1) is 46.7 Å². The van der Waals surface area contributed by atoms with E-state index in [1.807, 2.05) is 18.2 Å². The number of methoxy groups -OCH3 is 1. The van der Waals surface area contributed by atoms with Crippen molar-refractivity contribution in [3.8, 4) is 11.5 Å². The van der Waals surface area contributed by atoms with Gasteiger partial charge < -0.3 is 9.84 Å². The number of fused-ring (bicyclic) bond motifs is 4. The molecule has 4 amide bonds. The Morgan fingerprint density at radius 1 is 0.846 bits per heavy atom. The number of ether oxygens (including phenoxy) is 1. The van der Waals surface area contributed by atoms with E-state index >= 15 is 4.79 Å². The fourth-order valence-corrected chi connectivity index (χ4v) is 9.88. The highest BCUT2D eigenvalue weighted by Gasteiger charge is 2.70. The predicted molar refractivity (Wildman–Crippen MR) is 205 cm³/mol. The molecular weight excluding hydrogens is 840 g/mol. The van der Waals surface area contributed by atoms with Crippen molar-refractivity contribution in [1.29, 1.82) is 0 Å². The summed E-state index contributed by atoms with van der Waals surface area (Å²) in [5.74, 6) is -5.17. The third-order valence-corrected chi connectivity index (χ3v) is 12.6. The molecule has 3 fully saturated rings. The number of halogens is 4. The number of phenols is 1. The molecule has 0 aromatic heterocycles. The van der Waals surface area contributed by atoms with Gasteiger partial charge in [-0.15, -0.1) is 0 Å². The van der Waals surface area contributed by atoms with Gasteiger partial charge in [-0.1, -0.05) is 64.7 Å². The first-order chi connectivity index (χ1) is 24.9. The van der Waals surface area contributed by atoms with Gasteiger partial charge in [0.25, 0.3) is 11.8 Å². The molecule has 0 unspecified atom stereocenters. The van der Waals surface area contributed by atoms with Gasteiger partial charge in [-0.05, 0) is 119 Å². The Balaban J connectivity index is 1.33. The fourth-order valence-electron chi connectivity index (χ4n) is 8.78. The molecule has 2 heterocycles. The largest absolute Gasteiger partial charge is 0.508 e. The van der Waals surface area contributed by atoms with Gasteiger partial charge in [0.15, 0.2) is 0 Å². The van der Waals surface area contributed by atoms with E-state index in [9.17, 15) is 19.5 Å². The summed E-state index contributed by atoms with van der Waals surface area (Å²) < 4.78 is 6.41. The lowest BCUT2D eigenvalue weighted by molar-refractivity contribution is -0.138. The summed E-state index contributed by atoms with van der Waals surface area (Å²) >= 11 is 21.8. The molecule has 0 spiro atoms. The Labute approximate surface area is 327 Å². The molecule has 2 aliphatic heterocycles. The van der Waals surface area contributed by atoms with E-state index in [4.69, 9.17) is 39.5 Å². The van der Waals surface area contributed by atoms with Crippen LogP contribution >= 0.6 is 57.4 Å². The standard InChI is InChI=1S/C39H29Cl3IN3O6/c1-52-24-10-2-19(3-11-24)39-29(36(49)46(38(39)51)44-32-15-4-20(40)16-31(32)42)18-28-25(34(39)26-12-9-23(47)17-30(26)41)13-14-27-33(28)37(50)45(35(27)48)22-7-5-21(43)6-8-22/h2-13,15-17,27-29,33-34,44,47H,14,18H2,1H3/t27-,28+,29-,33-,34+,39+/m0/s1. The monoisotopic (exact) mass is 867 g/mol. The average Bonchev–Trinajstić information content (AvgIpc) is 3.51. The highest BCUT2D eigenvalue weighted by atomic mass is 127. The highest BCUT2D eigenvalue weighted by Crippen LogP contribution is 2.65. The first-order valence-corrected chi connectivity index (χ1v) is 18.7. The summed E-state index contributed by atoms with van der Waals surface area (Å²) in [7, 11) is 1.54. The summed E-state index contributed by atoms with van der Waals surface area (Å²) in [6, 6.07) is 23.4. The molecule has 9 nitrogen and oxygen atoms in total. The van der Waals surface area contributed by atoms with Crippen LogP contribution in [0.5, 0.6) is 11.5 Å². The Bertz CT molecular complexity index is 2210. The van der Waals surface area contributed by atoms with Crippen molar-refractivity contribution in [2.24, 2.45) is 23.7 Å². The lowest BCUT2D eigenvalue weighted by atomic mass is 9.49. The van der Waals surface area contributed by atoms with Crippen LogP contribution in [0.25, 0.3) is 0 Å². The number of carbonyl (C=O) groups excluding carboxylic acids is 4. The number of nitrogens with one attached hydrogen (secondary N) is 1. The van der Waals surface area contributed by atoms with Crippen LogP contribution in [0, 0.1) is 27.2 Å². The van der Waals surface area contributed by atoms with Gasteiger partial charge in [0.1, 0.15) is 11.5 Å². The number of imide groups is 2. The van der Waals surface area contributed by atoms with E-state index in [-0.39, 0.29) is 46.1 Å². The molecule has 4 aromatic rings. The molecule has 4 aliphatic rings. The first-order valence-electron chi connectivity index (χ1n) is 16.5. The van der Waals surface area contributed by atoms with E-state index in [1.165, 1.54) is 30.2 Å². The van der Waals surface area contributed by atoms with Gasteiger partial charge in [-0.25, -0.2) is 0 Å². The van der Waals surface area contributed by atoms with Gasteiger partial charge in [-0.3, -0.25) is 29.5 Å². The third kappa shape index (κ3) is 5.24. The van der Waals surface area contributed by atoms with Crippen LogP contribution in [0.3, 0.4) is 0 Å². The summed E-state index contributed by atoms with van der Waals surface area (Å²) in [6.45, 7) is 0. The lowest BCUT2D eigenvalue weighted by Gasteiger charge is -2.50. The van der Waals surface area contributed by atoms with Gasteiger partial charge in [-0.2, -0.15) is 5.01 Å². The molecule has 8 rings (SSSR count). The number of nitrogens with zero attached hydrogens (tertiary/aromatic N) is 2. The van der Waals surface area contributed by atoms with E-state index in [1.54, 1.807) is 54.6 Å². The van der Waals surface area contributed by atoms with Crippen molar-refractivity contribution >= 4 is 92.4 Å². The maximum absolute atomic E-state index is 15.3. The Morgan fingerprint density at radius 2 is 1.58 bits per heavy atom. The SMILES string of the molecule is COc1ccc([C@@]23C(=O)N(Nc4ccc(Cl)cc4Cl)C(=O)[C@@H]2C[C@@H]2C(=CC[C@@H]4C(=O)N(c5ccc(I)cc5)C(=O)[C@@H]42)[C@@H]3c2ccc(O)cc2Cl)cc1. The van der Waals surface area contributed by atoms with Crippen LogP contribution in [-0.2, 0) is 24.6 Å². The molecule has 2 N–H and O–H groups in total. The van der Waals surface area contributed by atoms with E-state index in [0.29, 0.717) is 27.6 Å². The van der Waals surface area contributed by atoms with Crippen molar-refractivity contribution in [1.82, 2.24) is 5.01 Å². The molecule has 264 valence electrons. The second kappa shape index (κ2) is 13.1. The summed E-state index contributed by atoms with van der Waals surface area (Å²) in [5.41, 5.74) is 3.94. The summed E-state index contributed by atoms with van der Waals surface area (Å²) in [5, 5.41) is 12.2. The number of phenolic OH excluding ortho intramolecular Hbond substituents is 1. The molecule has 6 atom stereocenters. The lowest BCUT2D eigenvalue weighted by Crippen LogP contribution is -2.53. The topological polar surface area (TPSA) is 116 Å². The highest BCUT2D eigenvalue weighted by molar-refractivity contribution is 14.1. The van der Waals surface area contributed by atoms with Crippen LogP contribution in [0.15, 0.2) is 96.6 Å². The van der Waals surface area contributed by atoms with Crippen molar-refractivity contribution in [2.45, 2.75) is 24.2 Å². The van der Waals surface area contributed by atoms with Crippen molar-refractivity contribution in [3.63, 3.8) is 0 Å². The van der Waals surface area contributed by atoms with Crippen molar-refractivity contribution < 1.29 is 29.0 Å². The second-order valence-corrected chi connectivity index (χ2v) is 15.9. The number of amides is 4.